The number of carbonyl (C=O) groups excluding carboxylic acids is 1. The summed E-state index contributed by atoms with van der Waals surface area (Å²) in [5, 5.41) is 7.37. The molecule has 1 amide bonds. The smallest absolute Gasteiger partial charge is 0.230 e. The molecule has 0 spiro atoms. The van der Waals surface area contributed by atoms with E-state index in [4.69, 9.17) is 9.26 Å². The number of nitrogens with one attached hydrogen (secondary N) is 1. The zero-order chi connectivity index (χ0) is 17.3. The quantitative estimate of drug-likeness (QED) is 0.617. The minimum atomic E-state index is -0.415. The lowest BCUT2D eigenvalue weighted by atomic mass is 10.1. The monoisotopic (exact) mass is 456 g/mol. The Hall–Kier alpha value is -1.93. The largest absolute Gasteiger partial charge is 0.497 e. The molecule has 0 bridgehead atoms. The van der Waals surface area contributed by atoms with Crippen LogP contribution in [-0.4, -0.2) is 18.2 Å². The third-order valence-electron chi connectivity index (χ3n) is 3.35. The van der Waals surface area contributed by atoms with Crippen molar-refractivity contribution in [3.63, 3.8) is 0 Å². The number of amides is 1. The number of fused-ring (bicyclic) bond motifs is 1. The van der Waals surface area contributed by atoms with Gasteiger partial charge in [-0.2, -0.15) is 0 Å². The van der Waals surface area contributed by atoms with E-state index in [9.17, 15) is 9.18 Å². The minimum Gasteiger partial charge on any atom is -0.497 e. The number of aromatic nitrogens is 1. The second-order valence-corrected chi connectivity index (χ2v) is 6.67. The molecule has 3 aromatic rings. The van der Waals surface area contributed by atoms with Crippen molar-refractivity contribution in [2.75, 3.05) is 12.4 Å². The van der Waals surface area contributed by atoms with Gasteiger partial charge in [-0.3, -0.25) is 4.79 Å². The molecule has 0 unspecified atom stereocenters. The molecular formula is C16H11Br2FN2O3. The number of anilines is 1. The van der Waals surface area contributed by atoms with Crippen molar-refractivity contribution in [1.29, 1.82) is 0 Å². The Morgan fingerprint density at radius 2 is 2.00 bits per heavy atom. The van der Waals surface area contributed by atoms with E-state index < -0.39 is 5.82 Å². The fourth-order valence-electron chi connectivity index (χ4n) is 2.22. The normalized spacial score (nSPS) is 10.8. The first-order chi connectivity index (χ1) is 11.5. The Balaban J connectivity index is 1.83. The second-order valence-electron chi connectivity index (χ2n) is 4.96. The highest BCUT2D eigenvalue weighted by atomic mass is 79.9. The van der Waals surface area contributed by atoms with Crippen LogP contribution in [0.3, 0.4) is 0 Å². The maximum absolute atomic E-state index is 13.3. The maximum Gasteiger partial charge on any atom is 0.230 e. The summed E-state index contributed by atoms with van der Waals surface area (Å²) in [7, 11) is 1.56. The lowest BCUT2D eigenvalue weighted by Gasteiger charge is -2.09. The molecule has 24 heavy (non-hydrogen) atoms. The Kier molecular flexibility index (Phi) is 4.86. The highest BCUT2D eigenvalue weighted by molar-refractivity contribution is 9.11. The lowest BCUT2D eigenvalue weighted by molar-refractivity contribution is -0.115. The molecule has 0 saturated heterocycles. The maximum atomic E-state index is 13.3. The predicted octanol–water partition coefficient (Wildman–Crippen LogP) is 4.68. The number of ether oxygens (including phenoxy) is 1. The molecule has 0 aliphatic heterocycles. The van der Waals surface area contributed by atoms with Crippen LogP contribution in [0.1, 0.15) is 5.69 Å². The molecule has 3 rings (SSSR count). The summed E-state index contributed by atoms with van der Waals surface area (Å²) in [6.07, 6.45) is 0.0103. The SMILES string of the molecule is COc1ccc2onc(CC(=O)Nc3c(Br)cc(F)cc3Br)c2c1. The predicted molar refractivity (Wildman–Crippen MR) is 94.7 cm³/mol. The molecule has 8 heteroatoms. The number of halogens is 3. The molecule has 5 nitrogen and oxygen atoms in total. The highest BCUT2D eigenvalue weighted by Gasteiger charge is 2.16. The Labute approximate surface area is 153 Å². The minimum absolute atomic E-state index is 0.0103. The third-order valence-corrected chi connectivity index (χ3v) is 4.60. The van der Waals surface area contributed by atoms with E-state index in [1.165, 1.54) is 12.1 Å². The fraction of sp³-hybridized carbons (Fsp3) is 0.125. The van der Waals surface area contributed by atoms with Gasteiger partial charge in [0.25, 0.3) is 0 Å². The van der Waals surface area contributed by atoms with Crippen LogP contribution in [0.15, 0.2) is 43.8 Å². The molecule has 1 aromatic heterocycles. The van der Waals surface area contributed by atoms with Crippen LogP contribution in [0, 0.1) is 5.82 Å². The molecule has 0 aliphatic carbocycles. The first-order valence-corrected chi connectivity index (χ1v) is 8.43. The van der Waals surface area contributed by atoms with Gasteiger partial charge in [0.15, 0.2) is 5.58 Å². The van der Waals surface area contributed by atoms with E-state index in [1.807, 2.05) is 0 Å². The average Bonchev–Trinajstić information content (AvgIpc) is 2.93. The number of benzene rings is 2. The first kappa shape index (κ1) is 16.9. The molecule has 0 radical (unpaired) electrons. The Morgan fingerprint density at radius 3 is 2.67 bits per heavy atom. The number of carbonyl (C=O) groups is 1. The molecule has 0 fully saturated rings. The van der Waals surface area contributed by atoms with Crippen LogP contribution in [0.25, 0.3) is 11.0 Å². The van der Waals surface area contributed by atoms with Gasteiger partial charge >= 0.3 is 0 Å². The van der Waals surface area contributed by atoms with Crippen molar-refractivity contribution in [1.82, 2.24) is 5.16 Å². The number of nitrogens with zero attached hydrogens (tertiary/aromatic N) is 1. The molecule has 1 heterocycles. The van der Waals surface area contributed by atoms with Gasteiger partial charge in [-0.1, -0.05) is 5.16 Å². The zero-order valence-corrected chi connectivity index (χ0v) is 15.6. The van der Waals surface area contributed by atoms with E-state index in [0.717, 1.165) is 0 Å². The second kappa shape index (κ2) is 6.90. The van der Waals surface area contributed by atoms with Gasteiger partial charge in [0.05, 0.1) is 19.2 Å². The van der Waals surface area contributed by atoms with E-state index in [-0.39, 0.29) is 12.3 Å². The van der Waals surface area contributed by atoms with Crippen LogP contribution in [0.5, 0.6) is 5.75 Å². The summed E-state index contributed by atoms with van der Waals surface area (Å²) in [5.74, 6) is -0.0706. The summed E-state index contributed by atoms with van der Waals surface area (Å²) in [6, 6.07) is 7.80. The fourth-order valence-corrected chi connectivity index (χ4v) is 3.55. The topological polar surface area (TPSA) is 64.4 Å². The molecule has 0 saturated carbocycles. The lowest BCUT2D eigenvalue weighted by Crippen LogP contribution is -2.15. The summed E-state index contributed by atoms with van der Waals surface area (Å²) < 4.78 is 24.5. The molecule has 1 N–H and O–H groups in total. The zero-order valence-electron chi connectivity index (χ0n) is 12.4. The van der Waals surface area contributed by atoms with Crippen LogP contribution in [0.2, 0.25) is 0 Å². The van der Waals surface area contributed by atoms with E-state index >= 15 is 0 Å². The van der Waals surface area contributed by atoms with Crippen molar-refractivity contribution >= 4 is 54.4 Å². The summed E-state index contributed by atoms with van der Waals surface area (Å²) >= 11 is 6.46. The van der Waals surface area contributed by atoms with Crippen LogP contribution < -0.4 is 10.1 Å². The van der Waals surface area contributed by atoms with Crippen molar-refractivity contribution in [3.05, 3.63) is 50.8 Å². The summed E-state index contributed by atoms with van der Waals surface area (Å²) in [5.41, 5.74) is 1.52. The van der Waals surface area contributed by atoms with Gasteiger partial charge in [0.1, 0.15) is 17.3 Å². The number of rotatable bonds is 4. The van der Waals surface area contributed by atoms with Crippen molar-refractivity contribution in [2.45, 2.75) is 6.42 Å². The molecular weight excluding hydrogens is 447 g/mol. The van der Waals surface area contributed by atoms with Gasteiger partial charge in [-0.25, -0.2) is 4.39 Å². The van der Waals surface area contributed by atoms with Crippen LogP contribution in [-0.2, 0) is 11.2 Å². The Morgan fingerprint density at radius 1 is 1.29 bits per heavy atom. The molecule has 2 aromatic carbocycles. The Bertz CT molecular complexity index is 904. The summed E-state index contributed by atoms with van der Waals surface area (Å²) in [6.45, 7) is 0. The first-order valence-electron chi connectivity index (χ1n) is 6.84. The van der Waals surface area contributed by atoms with Gasteiger partial charge in [0, 0.05) is 14.3 Å². The van der Waals surface area contributed by atoms with Crippen molar-refractivity contribution in [3.8, 4) is 5.75 Å². The summed E-state index contributed by atoms with van der Waals surface area (Å²) in [4.78, 5) is 12.3. The van der Waals surface area contributed by atoms with Crippen LogP contribution in [0.4, 0.5) is 10.1 Å². The van der Waals surface area contributed by atoms with E-state index in [0.29, 0.717) is 37.0 Å². The van der Waals surface area contributed by atoms with E-state index in [2.05, 4.69) is 42.3 Å². The number of methoxy groups -OCH3 is 1. The average molecular weight is 458 g/mol. The van der Waals surface area contributed by atoms with Gasteiger partial charge in [-0.15, -0.1) is 0 Å². The van der Waals surface area contributed by atoms with Crippen LogP contribution >= 0.6 is 31.9 Å². The van der Waals surface area contributed by atoms with E-state index in [1.54, 1.807) is 25.3 Å². The molecule has 0 aliphatic rings. The van der Waals surface area contributed by atoms with Gasteiger partial charge < -0.3 is 14.6 Å². The molecule has 0 atom stereocenters. The highest BCUT2D eigenvalue weighted by Crippen LogP contribution is 2.32. The number of hydrogen-bond donors (Lipinski definition) is 1. The van der Waals surface area contributed by atoms with Gasteiger partial charge in [-0.05, 0) is 62.2 Å². The molecule has 124 valence electrons. The van der Waals surface area contributed by atoms with Crippen molar-refractivity contribution < 1.29 is 18.4 Å². The number of hydrogen-bond acceptors (Lipinski definition) is 4. The third kappa shape index (κ3) is 3.44. The standard InChI is InChI=1S/C16H11Br2FN2O3/c1-23-9-2-3-14-10(6-9)13(21-24-14)7-15(22)20-16-11(17)4-8(19)5-12(16)18/h2-6H,7H2,1H3,(H,20,22). The van der Waals surface area contributed by atoms with Gasteiger partial charge in [0.2, 0.25) is 5.91 Å². The van der Waals surface area contributed by atoms with Crippen molar-refractivity contribution in [2.24, 2.45) is 0 Å².